The Morgan fingerprint density at radius 2 is 2.25 bits per heavy atom. The molecular weight excluding hydrogens is 279 g/mol. The highest BCUT2D eigenvalue weighted by molar-refractivity contribution is 7.99. The van der Waals surface area contributed by atoms with Gasteiger partial charge in [-0.25, -0.2) is 9.18 Å². The lowest BCUT2D eigenvalue weighted by Gasteiger charge is -2.21. The van der Waals surface area contributed by atoms with Gasteiger partial charge in [-0.1, -0.05) is 6.42 Å². The molecule has 1 saturated carbocycles. The number of esters is 1. The molecule has 2 atom stereocenters. The first-order chi connectivity index (χ1) is 9.56. The Labute approximate surface area is 122 Å². The number of nitrogens with one attached hydrogen (secondary N) is 1. The summed E-state index contributed by atoms with van der Waals surface area (Å²) < 4.78 is 18.6. The van der Waals surface area contributed by atoms with Crippen LogP contribution in [0.1, 0.15) is 29.6 Å². The average molecular weight is 298 g/mol. The molecule has 3 N–H and O–H groups in total. The molecule has 0 aromatic heterocycles. The lowest BCUT2D eigenvalue weighted by Crippen LogP contribution is -2.26. The number of benzene rings is 1. The molecule has 0 amide bonds. The van der Waals surface area contributed by atoms with Crippen molar-refractivity contribution >= 4 is 29.1 Å². The van der Waals surface area contributed by atoms with Gasteiger partial charge in [0.1, 0.15) is 5.82 Å². The normalized spacial score (nSPS) is 21.8. The molecule has 1 aromatic carbocycles. The molecule has 0 saturated heterocycles. The van der Waals surface area contributed by atoms with Crippen molar-refractivity contribution in [1.29, 1.82) is 0 Å². The molecule has 1 aliphatic carbocycles. The van der Waals surface area contributed by atoms with Crippen LogP contribution in [0, 0.1) is 5.82 Å². The van der Waals surface area contributed by atoms with Gasteiger partial charge in [0, 0.05) is 17.0 Å². The Hall–Kier alpha value is -1.43. The van der Waals surface area contributed by atoms with E-state index in [0.717, 1.165) is 25.3 Å². The van der Waals surface area contributed by atoms with E-state index in [1.165, 1.54) is 13.2 Å². The molecule has 0 bridgehead atoms. The van der Waals surface area contributed by atoms with E-state index in [9.17, 15) is 9.18 Å². The van der Waals surface area contributed by atoms with Crippen molar-refractivity contribution in [2.45, 2.75) is 30.6 Å². The minimum absolute atomic E-state index is 0.0905. The Morgan fingerprint density at radius 1 is 1.50 bits per heavy atom. The van der Waals surface area contributed by atoms with Crippen molar-refractivity contribution in [1.82, 2.24) is 0 Å². The maximum absolute atomic E-state index is 14.0. The van der Waals surface area contributed by atoms with Crippen LogP contribution in [-0.4, -0.2) is 30.6 Å². The molecule has 1 aliphatic rings. The first kappa shape index (κ1) is 15.0. The summed E-state index contributed by atoms with van der Waals surface area (Å²) >= 11 is 1.78. The van der Waals surface area contributed by atoms with Crippen molar-refractivity contribution in [3.05, 3.63) is 23.5 Å². The highest BCUT2D eigenvalue weighted by atomic mass is 32.2. The summed E-state index contributed by atoms with van der Waals surface area (Å²) in [6.07, 6.45) is 5.32. The van der Waals surface area contributed by atoms with Crippen LogP contribution in [0.25, 0.3) is 0 Å². The number of halogens is 1. The Bertz CT molecular complexity index is 510. The number of anilines is 2. The largest absolute Gasteiger partial charge is 0.465 e. The summed E-state index contributed by atoms with van der Waals surface area (Å²) in [5.74, 6) is -1.000. The minimum Gasteiger partial charge on any atom is -0.465 e. The second kappa shape index (κ2) is 6.35. The van der Waals surface area contributed by atoms with Gasteiger partial charge in [0.2, 0.25) is 0 Å². The standard InChI is InChI=1S/C14H19FN2O2S/c1-19-14(18)8-6-12(9(15)7-10(8)16)17-11-4-3-5-13(11)20-2/h6-7,11,13,17H,3-5,16H2,1-2H3. The van der Waals surface area contributed by atoms with E-state index in [2.05, 4.69) is 16.3 Å². The van der Waals surface area contributed by atoms with E-state index < -0.39 is 11.8 Å². The molecule has 0 radical (unpaired) electrons. The van der Waals surface area contributed by atoms with E-state index in [1.807, 2.05) is 0 Å². The number of nitrogens with two attached hydrogens (primary N) is 1. The third-order valence-electron chi connectivity index (χ3n) is 3.64. The van der Waals surface area contributed by atoms with Gasteiger partial charge in [0.25, 0.3) is 0 Å². The molecule has 1 fully saturated rings. The van der Waals surface area contributed by atoms with Gasteiger partial charge in [-0.2, -0.15) is 11.8 Å². The Morgan fingerprint density at radius 3 is 2.90 bits per heavy atom. The van der Waals surface area contributed by atoms with Crippen LogP contribution in [0.4, 0.5) is 15.8 Å². The second-order valence-corrected chi connectivity index (χ2v) is 5.94. The highest BCUT2D eigenvalue weighted by Crippen LogP contribution is 2.32. The fraction of sp³-hybridized carbons (Fsp3) is 0.500. The zero-order chi connectivity index (χ0) is 14.7. The minimum atomic E-state index is -0.557. The number of hydrogen-bond donors (Lipinski definition) is 2. The number of thioether (sulfide) groups is 1. The van der Waals surface area contributed by atoms with Crippen LogP contribution in [-0.2, 0) is 4.74 Å². The number of ether oxygens (including phenoxy) is 1. The zero-order valence-electron chi connectivity index (χ0n) is 11.6. The lowest BCUT2D eigenvalue weighted by atomic mass is 10.1. The number of carbonyl (C=O) groups excluding carboxylic acids is 1. The molecule has 2 rings (SSSR count). The van der Waals surface area contributed by atoms with Crippen molar-refractivity contribution in [2.24, 2.45) is 0 Å². The summed E-state index contributed by atoms with van der Waals surface area (Å²) in [5.41, 5.74) is 6.25. The second-order valence-electron chi connectivity index (χ2n) is 4.87. The molecular formula is C14H19FN2O2S. The average Bonchev–Trinajstić information content (AvgIpc) is 2.88. The van der Waals surface area contributed by atoms with Crippen LogP contribution in [0.5, 0.6) is 0 Å². The molecule has 2 unspecified atom stereocenters. The summed E-state index contributed by atoms with van der Waals surface area (Å²) in [6.45, 7) is 0. The van der Waals surface area contributed by atoms with E-state index >= 15 is 0 Å². The molecule has 4 nitrogen and oxygen atoms in total. The number of rotatable bonds is 4. The van der Waals surface area contributed by atoms with Crippen molar-refractivity contribution in [3.63, 3.8) is 0 Å². The van der Waals surface area contributed by atoms with Crippen LogP contribution in [0.2, 0.25) is 0 Å². The molecule has 0 heterocycles. The van der Waals surface area contributed by atoms with Gasteiger partial charge in [-0.05, 0) is 31.2 Å². The van der Waals surface area contributed by atoms with Crippen LogP contribution in [0.3, 0.4) is 0 Å². The molecule has 0 aliphatic heterocycles. The fourth-order valence-corrected chi connectivity index (χ4v) is 3.49. The maximum atomic E-state index is 14.0. The highest BCUT2D eigenvalue weighted by Gasteiger charge is 2.27. The topological polar surface area (TPSA) is 64.3 Å². The monoisotopic (exact) mass is 298 g/mol. The molecule has 110 valence electrons. The first-order valence-electron chi connectivity index (χ1n) is 6.53. The number of carbonyl (C=O) groups is 1. The summed E-state index contributed by atoms with van der Waals surface area (Å²) in [5, 5.41) is 3.66. The Balaban J connectivity index is 2.25. The summed E-state index contributed by atoms with van der Waals surface area (Å²) in [7, 11) is 1.28. The van der Waals surface area contributed by atoms with Crippen molar-refractivity contribution in [2.75, 3.05) is 24.4 Å². The van der Waals surface area contributed by atoms with Gasteiger partial charge in [-0.15, -0.1) is 0 Å². The molecule has 0 spiro atoms. The van der Waals surface area contributed by atoms with E-state index in [0.29, 0.717) is 10.9 Å². The van der Waals surface area contributed by atoms with E-state index in [1.54, 1.807) is 11.8 Å². The van der Waals surface area contributed by atoms with Crippen molar-refractivity contribution in [3.8, 4) is 0 Å². The number of methoxy groups -OCH3 is 1. The third kappa shape index (κ3) is 3.00. The molecule has 20 heavy (non-hydrogen) atoms. The predicted molar refractivity (Wildman–Crippen MR) is 80.7 cm³/mol. The van der Waals surface area contributed by atoms with Crippen LogP contribution < -0.4 is 11.1 Å². The van der Waals surface area contributed by atoms with E-state index in [-0.39, 0.29) is 17.3 Å². The van der Waals surface area contributed by atoms with Crippen molar-refractivity contribution < 1.29 is 13.9 Å². The zero-order valence-corrected chi connectivity index (χ0v) is 12.4. The fourth-order valence-electron chi connectivity index (χ4n) is 2.56. The van der Waals surface area contributed by atoms with Gasteiger partial charge in [-0.3, -0.25) is 0 Å². The van der Waals surface area contributed by atoms with Crippen LogP contribution in [0.15, 0.2) is 12.1 Å². The summed E-state index contributed by atoms with van der Waals surface area (Å²) in [4.78, 5) is 11.6. The number of nitrogen functional groups attached to an aromatic ring is 1. The van der Waals surface area contributed by atoms with E-state index in [4.69, 9.17) is 5.73 Å². The molecule has 6 heteroatoms. The maximum Gasteiger partial charge on any atom is 0.340 e. The smallest absolute Gasteiger partial charge is 0.340 e. The first-order valence-corrected chi connectivity index (χ1v) is 7.82. The van der Waals surface area contributed by atoms with Crippen LogP contribution >= 0.6 is 11.8 Å². The van der Waals surface area contributed by atoms with Gasteiger partial charge in [0.05, 0.1) is 18.4 Å². The molecule has 1 aromatic rings. The summed E-state index contributed by atoms with van der Waals surface area (Å²) in [6, 6.07) is 2.82. The third-order valence-corrected chi connectivity index (χ3v) is 4.81. The van der Waals surface area contributed by atoms with Gasteiger partial charge in [0.15, 0.2) is 0 Å². The quantitative estimate of drug-likeness (QED) is 0.661. The SMILES string of the molecule is COC(=O)c1cc(NC2CCCC2SC)c(F)cc1N. The number of hydrogen-bond acceptors (Lipinski definition) is 5. The van der Waals surface area contributed by atoms with Gasteiger partial charge < -0.3 is 15.8 Å². The predicted octanol–water partition coefficient (Wildman–Crippen LogP) is 2.89. The van der Waals surface area contributed by atoms with Gasteiger partial charge >= 0.3 is 5.97 Å². The Kier molecular flexibility index (Phi) is 4.75. The lowest BCUT2D eigenvalue weighted by molar-refractivity contribution is 0.0602.